The lowest BCUT2D eigenvalue weighted by molar-refractivity contribution is -0.288. The number of allylic oxidation sites excluding steroid dienone is 2. The Morgan fingerprint density at radius 3 is 1.71 bits per heavy atom. The van der Waals surface area contributed by atoms with Gasteiger partial charge in [-0.15, -0.1) is 0 Å². The van der Waals surface area contributed by atoms with E-state index < -0.39 is 64.5 Å². The first kappa shape index (κ1) is 44.6. The molecule has 0 bridgehead atoms. The minimum absolute atomic E-state index is 0.173. The van der Waals surface area contributed by atoms with Gasteiger partial charge in [0.25, 0.3) is 5.92 Å². The summed E-state index contributed by atoms with van der Waals surface area (Å²) in [6, 6.07) is 9.22. The van der Waals surface area contributed by atoms with Crippen LogP contribution in [0.15, 0.2) is 103 Å². The van der Waals surface area contributed by atoms with Gasteiger partial charge in [0.05, 0.1) is 11.1 Å². The van der Waals surface area contributed by atoms with Crippen molar-refractivity contribution in [3.05, 3.63) is 125 Å². The van der Waals surface area contributed by atoms with Crippen LogP contribution < -0.4 is 20.1 Å². The van der Waals surface area contributed by atoms with Crippen LogP contribution in [0.5, 0.6) is 17.2 Å². The molecule has 5 rings (SSSR count). The Hall–Kier alpha value is -4.45. The molecule has 2 aliphatic rings. The zero-order valence-corrected chi connectivity index (χ0v) is 31.4. The van der Waals surface area contributed by atoms with Gasteiger partial charge in [-0.25, -0.2) is 8.78 Å². The minimum atomic E-state index is -5.99. The maximum atomic E-state index is 14.9. The standard InChI is InChI=1S/C41H43F11N4O2/c1-3-4-28(25-55-19-15-53-16-20-55)23-32(39(44,45)46)27-57-33-10-6-30(7-11-33)38(40(47,48)49,41(50,51)52)31-8-12-34(13-9-31)58-36-14-5-29(24-35(36)37(2,42)43)26-56-21-17-54-18-22-56/h3-14,23-24,53-54H,1,15-22,25-27H2,2H3/b28-4+,32-23+. The smallest absolute Gasteiger partial charge is 0.415 e. The van der Waals surface area contributed by atoms with E-state index in [1.165, 1.54) is 24.3 Å². The van der Waals surface area contributed by atoms with Crippen molar-refractivity contribution < 1.29 is 57.8 Å². The highest BCUT2D eigenvalue weighted by atomic mass is 19.4. The highest BCUT2D eigenvalue weighted by Crippen LogP contribution is 2.56. The second-order valence-corrected chi connectivity index (χ2v) is 14.1. The Morgan fingerprint density at radius 1 is 0.707 bits per heavy atom. The molecule has 3 aromatic carbocycles. The topological polar surface area (TPSA) is 49.0 Å². The summed E-state index contributed by atoms with van der Waals surface area (Å²) in [5, 5.41) is 6.33. The molecule has 0 aromatic heterocycles. The van der Waals surface area contributed by atoms with Gasteiger partial charge in [-0.05, 0) is 64.7 Å². The summed E-state index contributed by atoms with van der Waals surface area (Å²) in [6.07, 6.45) is -13.2. The minimum Gasteiger partial charge on any atom is -0.489 e. The maximum Gasteiger partial charge on any atom is 0.415 e. The number of nitrogens with zero attached hydrogens (tertiary/aromatic N) is 2. The summed E-state index contributed by atoms with van der Waals surface area (Å²) in [7, 11) is 0. The molecule has 0 atom stereocenters. The van der Waals surface area contributed by atoms with Gasteiger partial charge in [-0.2, -0.15) is 39.5 Å². The van der Waals surface area contributed by atoms with Gasteiger partial charge in [0.2, 0.25) is 5.41 Å². The van der Waals surface area contributed by atoms with Gasteiger partial charge >= 0.3 is 18.5 Å². The van der Waals surface area contributed by atoms with E-state index in [0.717, 1.165) is 43.4 Å². The van der Waals surface area contributed by atoms with Crippen LogP contribution in [-0.2, 0) is 17.9 Å². The first-order valence-corrected chi connectivity index (χ1v) is 18.3. The molecule has 0 aliphatic carbocycles. The second kappa shape index (κ2) is 18.2. The van der Waals surface area contributed by atoms with Crippen molar-refractivity contribution in [2.75, 3.05) is 65.5 Å². The summed E-state index contributed by atoms with van der Waals surface area (Å²) in [5.41, 5.74) is -8.00. The van der Waals surface area contributed by atoms with Crippen LogP contribution in [0.1, 0.15) is 29.2 Å². The van der Waals surface area contributed by atoms with Crippen LogP contribution in [0.2, 0.25) is 0 Å². The van der Waals surface area contributed by atoms with Crippen LogP contribution in [0, 0.1) is 0 Å². The van der Waals surface area contributed by atoms with E-state index in [2.05, 4.69) is 22.1 Å². The average Bonchev–Trinajstić information content (AvgIpc) is 3.14. The molecule has 2 N–H and O–H groups in total. The van der Waals surface area contributed by atoms with E-state index >= 15 is 0 Å². The fourth-order valence-electron chi connectivity index (χ4n) is 6.93. The molecule has 2 saturated heterocycles. The Morgan fingerprint density at radius 2 is 1.22 bits per heavy atom. The number of hydrogen-bond acceptors (Lipinski definition) is 6. The molecule has 0 unspecified atom stereocenters. The average molecular weight is 833 g/mol. The molecule has 6 nitrogen and oxygen atoms in total. The van der Waals surface area contributed by atoms with Crippen molar-refractivity contribution in [3.8, 4) is 17.2 Å². The molecule has 0 amide bonds. The predicted octanol–water partition coefficient (Wildman–Crippen LogP) is 9.29. The van der Waals surface area contributed by atoms with Gasteiger partial charge in [0, 0.05) is 72.4 Å². The van der Waals surface area contributed by atoms with E-state index in [1.807, 2.05) is 4.90 Å². The van der Waals surface area contributed by atoms with E-state index in [1.54, 1.807) is 6.07 Å². The number of ether oxygens (including phenoxy) is 2. The number of halogens is 11. The number of alkyl halides is 11. The van der Waals surface area contributed by atoms with Crippen molar-refractivity contribution >= 4 is 0 Å². The summed E-state index contributed by atoms with van der Waals surface area (Å²) in [6.45, 7) is 9.00. The van der Waals surface area contributed by atoms with Crippen LogP contribution in [0.25, 0.3) is 0 Å². The Kier molecular flexibility index (Phi) is 14.0. The lowest BCUT2D eigenvalue weighted by atomic mass is 9.73. The van der Waals surface area contributed by atoms with Gasteiger partial charge in [-0.3, -0.25) is 9.80 Å². The van der Waals surface area contributed by atoms with Crippen molar-refractivity contribution in [1.82, 2.24) is 20.4 Å². The number of nitrogens with one attached hydrogen (secondary N) is 2. The van der Waals surface area contributed by atoms with Gasteiger partial charge in [-0.1, -0.05) is 49.1 Å². The SMILES string of the molecule is C=C/C=C(\C=C(/COc1ccc(C(c2ccc(Oc3ccc(CN4CCNCC4)cc3C(C)(F)F)cc2)(C(F)(F)F)C(F)(F)F)cc1)C(F)(F)F)CN1CCNCC1. The molecule has 2 fully saturated rings. The first-order valence-electron chi connectivity index (χ1n) is 18.3. The lowest BCUT2D eigenvalue weighted by Crippen LogP contribution is -2.54. The number of benzene rings is 3. The first-order chi connectivity index (χ1) is 27.2. The lowest BCUT2D eigenvalue weighted by Gasteiger charge is -2.38. The van der Waals surface area contributed by atoms with Crippen molar-refractivity contribution in [3.63, 3.8) is 0 Å². The van der Waals surface area contributed by atoms with E-state index in [9.17, 15) is 48.3 Å². The number of rotatable bonds is 14. The fraction of sp³-hybridized carbons (Fsp3) is 0.415. The van der Waals surface area contributed by atoms with Crippen LogP contribution in [0.4, 0.5) is 48.3 Å². The van der Waals surface area contributed by atoms with Crippen LogP contribution in [-0.4, -0.2) is 93.8 Å². The zero-order valence-electron chi connectivity index (χ0n) is 31.4. The monoisotopic (exact) mass is 832 g/mol. The van der Waals surface area contributed by atoms with Crippen molar-refractivity contribution in [2.45, 2.75) is 43.3 Å². The molecule has 17 heteroatoms. The Balaban J connectivity index is 1.40. The summed E-state index contributed by atoms with van der Waals surface area (Å²) >= 11 is 0. The summed E-state index contributed by atoms with van der Waals surface area (Å²) < 4.78 is 172. The highest BCUT2D eigenvalue weighted by Gasteiger charge is 2.72. The zero-order chi connectivity index (χ0) is 42.4. The third-order valence-electron chi connectivity index (χ3n) is 9.85. The Labute approximate surface area is 329 Å². The van der Waals surface area contributed by atoms with Gasteiger partial charge in [0.15, 0.2) is 0 Å². The molecule has 2 heterocycles. The molecule has 2 aliphatic heterocycles. The quantitative estimate of drug-likeness (QED) is 0.125. The molecule has 3 aromatic rings. The highest BCUT2D eigenvalue weighted by molar-refractivity contribution is 5.49. The normalized spacial score (nSPS) is 17.3. The third-order valence-corrected chi connectivity index (χ3v) is 9.85. The largest absolute Gasteiger partial charge is 0.489 e. The van der Waals surface area contributed by atoms with Crippen molar-refractivity contribution in [2.24, 2.45) is 0 Å². The summed E-state index contributed by atoms with van der Waals surface area (Å²) in [5.74, 6) is -4.47. The Bertz CT molecular complexity index is 1870. The summed E-state index contributed by atoms with van der Waals surface area (Å²) in [4.78, 5) is 3.99. The molecule has 0 saturated carbocycles. The third kappa shape index (κ3) is 10.8. The van der Waals surface area contributed by atoms with Crippen molar-refractivity contribution in [1.29, 1.82) is 0 Å². The van der Waals surface area contributed by atoms with Gasteiger partial charge in [0.1, 0.15) is 23.9 Å². The van der Waals surface area contributed by atoms with E-state index in [-0.39, 0.29) is 23.6 Å². The molecular formula is C41H43F11N4O2. The van der Waals surface area contributed by atoms with E-state index in [4.69, 9.17) is 9.47 Å². The van der Waals surface area contributed by atoms with Crippen LogP contribution in [0.3, 0.4) is 0 Å². The number of hydrogen-bond donors (Lipinski definition) is 2. The molecular weight excluding hydrogens is 789 g/mol. The molecule has 0 spiro atoms. The molecule has 58 heavy (non-hydrogen) atoms. The second-order valence-electron chi connectivity index (χ2n) is 14.1. The fourth-order valence-corrected chi connectivity index (χ4v) is 6.93. The predicted molar refractivity (Wildman–Crippen MR) is 197 cm³/mol. The van der Waals surface area contributed by atoms with Crippen LogP contribution >= 0.6 is 0 Å². The maximum absolute atomic E-state index is 14.9. The van der Waals surface area contributed by atoms with E-state index in [0.29, 0.717) is 82.6 Å². The van der Waals surface area contributed by atoms with Gasteiger partial charge < -0.3 is 20.1 Å². The molecule has 316 valence electrons. The number of piperazine rings is 2. The molecule has 0 radical (unpaired) electrons.